The molecule has 82 valence electrons. The lowest BCUT2D eigenvalue weighted by atomic mass is 10.2. The summed E-state index contributed by atoms with van der Waals surface area (Å²) in [6.07, 6.45) is 1.42. The Morgan fingerprint density at radius 3 is 2.81 bits per heavy atom. The Balaban J connectivity index is 1.88. The van der Waals surface area contributed by atoms with E-state index in [1.165, 1.54) is 0 Å². The summed E-state index contributed by atoms with van der Waals surface area (Å²) in [5, 5.41) is 0. The van der Waals surface area contributed by atoms with Crippen molar-refractivity contribution in [3.05, 3.63) is 42.1 Å². The van der Waals surface area contributed by atoms with E-state index in [2.05, 4.69) is 4.98 Å². The molecule has 0 saturated carbocycles. The predicted molar refractivity (Wildman–Crippen MR) is 56.5 cm³/mol. The number of hydrogen-bond acceptors (Lipinski definition) is 4. The van der Waals surface area contributed by atoms with Crippen LogP contribution in [-0.4, -0.2) is 11.6 Å². The molecule has 0 fully saturated rings. The minimum atomic E-state index is -0.261. The number of ether oxygens (including phenoxy) is 2. The number of aryl methyl sites for hydroxylation is 1. The molecule has 2 heterocycles. The Kier molecular flexibility index (Phi) is 2.06. The first-order valence-corrected chi connectivity index (χ1v) is 5.14. The monoisotopic (exact) mass is 217 g/mol. The van der Waals surface area contributed by atoms with Crippen LogP contribution in [0.2, 0.25) is 0 Å². The molecule has 1 aliphatic heterocycles. The standard InChI is InChI=1S/C12H11NO3/c1-8-6-13-12(15-8)11-7-14-9-4-2-3-5-10(9)16-11/h2-6,11H,7H2,1H3. The highest BCUT2D eigenvalue weighted by molar-refractivity contribution is 5.40. The second kappa shape index (κ2) is 3.56. The quantitative estimate of drug-likeness (QED) is 0.736. The fourth-order valence-corrected chi connectivity index (χ4v) is 1.66. The van der Waals surface area contributed by atoms with Crippen molar-refractivity contribution in [3.63, 3.8) is 0 Å². The molecule has 0 saturated heterocycles. The van der Waals surface area contributed by atoms with Crippen molar-refractivity contribution >= 4 is 0 Å². The van der Waals surface area contributed by atoms with E-state index in [1.807, 2.05) is 31.2 Å². The molecule has 3 rings (SSSR count). The van der Waals surface area contributed by atoms with Gasteiger partial charge >= 0.3 is 0 Å². The van der Waals surface area contributed by atoms with Gasteiger partial charge in [0, 0.05) is 0 Å². The molecule has 2 aromatic rings. The van der Waals surface area contributed by atoms with Crippen molar-refractivity contribution in [2.24, 2.45) is 0 Å². The fraction of sp³-hybridized carbons (Fsp3) is 0.250. The normalized spacial score (nSPS) is 18.4. The number of hydrogen-bond donors (Lipinski definition) is 0. The molecule has 16 heavy (non-hydrogen) atoms. The van der Waals surface area contributed by atoms with Gasteiger partial charge in [0.25, 0.3) is 0 Å². The van der Waals surface area contributed by atoms with Crippen LogP contribution in [0.1, 0.15) is 17.8 Å². The van der Waals surface area contributed by atoms with Crippen molar-refractivity contribution in [2.75, 3.05) is 6.61 Å². The number of para-hydroxylation sites is 2. The molecule has 0 N–H and O–H groups in total. The summed E-state index contributed by atoms with van der Waals surface area (Å²) in [5.41, 5.74) is 0. The third-order valence-corrected chi connectivity index (χ3v) is 2.42. The molecule has 0 aliphatic carbocycles. The summed E-state index contributed by atoms with van der Waals surface area (Å²) in [6, 6.07) is 7.58. The summed E-state index contributed by atoms with van der Waals surface area (Å²) < 4.78 is 16.7. The lowest BCUT2D eigenvalue weighted by molar-refractivity contribution is 0.0707. The molecule has 1 unspecified atom stereocenters. The lowest BCUT2D eigenvalue weighted by Gasteiger charge is -2.24. The molecule has 4 heteroatoms. The number of aromatic nitrogens is 1. The van der Waals surface area contributed by atoms with Gasteiger partial charge in [-0.25, -0.2) is 4.98 Å². The van der Waals surface area contributed by atoms with E-state index < -0.39 is 0 Å². The van der Waals surface area contributed by atoms with E-state index in [9.17, 15) is 0 Å². The Hall–Kier alpha value is -1.97. The first-order chi connectivity index (χ1) is 7.83. The average Bonchev–Trinajstić information content (AvgIpc) is 2.75. The molecule has 0 bridgehead atoms. The molecular formula is C12H11NO3. The van der Waals surface area contributed by atoms with Gasteiger partial charge in [-0.15, -0.1) is 0 Å². The van der Waals surface area contributed by atoms with Gasteiger partial charge in [-0.3, -0.25) is 0 Å². The van der Waals surface area contributed by atoms with Gasteiger partial charge in [-0.2, -0.15) is 0 Å². The summed E-state index contributed by atoms with van der Waals surface area (Å²) in [7, 11) is 0. The Morgan fingerprint density at radius 2 is 2.06 bits per heavy atom. The van der Waals surface area contributed by atoms with Crippen LogP contribution in [0.3, 0.4) is 0 Å². The van der Waals surface area contributed by atoms with Gasteiger partial charge < -0.3 is 13.9 Å². The first-order valence-electron chi connectivity index (χ1n) is 5.14. The molecule has 1 aromatic heterocycles. The number of oxazole rings is 1. The smallest absolute Gasteiger partial charge is 0.239 e. The zero-order valence-electron chi connectivity index (χ0n) is 8.84. The maximum Gasteiger partial charge on any atom is 0.239 e. The highest BCUT2D eigenvalue weighted by atomic mass is 16.6. The minimum Gasteiger partial charge on any atom is -0.485 e. The van der Waals surface area contributed by atoms with E-state index in [0.717, 1.165) is 17.3 Å². The predicted octanol–water partition coefficient (Wildman–Crippen LogP) is 2.50. The zero-order valence-corrected chi connectivity index (χ0v) is 8.84. The summed E-state index contributed by atoms with van der Waals surface area (Å²) in [6.45, 7) is 2.28. The van der Waals surface area contributed by atoms with E-state index in [4.69, 9.17) is 13.9 Å². The SMILES string of the molecule is Cc1cnc(C2COc3ccccc3O2)o1. The Bertz CT molecular complexity index is 506. The number of nitrogens with zero attached hydrogens (tertiary/aromatic N) is 1. The van der Waals surface area contributed by atoms with Gasteiger partial charge in [0.15, 0.2) is 11.5 Å². The van der Waals surface area contributed by atoms with E-state index in [0.29, 0.717) is 12.5 Å². The van der Waals surface area contributed by atoms with Crippen LogP contribution in [0, 0.1) is 6.92 Å². The molecular weight excluding hydrogens is 206 g/mol. The number of fused-ring (bicyclic) bond motifs is 1. The molecule has 1 aliphatic rings. The second-order valence-corrected chi connectivity index (χ2v) is 3.67. The van der Waals surface area contributed by atoms with Crippen LogP contribution in [0.5, 0.6) is 11.5 Å². The first kappa shape index (κ1) is 9.27. The molecule has 0 amide bonds. The van der Waals surface area contributed by atoms with Crippen LogP contribution in [0.15, 0.2) is 34.9 Å². The Labute approximate surface area is 92.8 Å². The summed E-state index contributed by atoms with van der Waals surface area (Å²) in [4.78, 5) is 4.14. The van der Waals surface area contributed by atoms with Crippen molar-refractivity contribution in [2.45, 2.75) is 13.0 Å². The largest absolute Gasteiger partial charge is 0.485 e. The van der Waals surface area contributed by atoms with Crippen LogP contribution in [-0.2, 0) is 0 Å². The van der Waals surface area contributed by atoms with Crippen molar-refractivity contribution < 1.29 is 13.9 Å². The van der Waals surface area contributed by atoms with Gasteiger partial charge in [-0.05, 0) is 19.1 Å². The molecule has 4 nitrogen and oxygen atoms in total. The topological polar surface area (TPSA) is 44.5 Å². The van der Waals surface area contributed by atoms with Crippen LogP contribution in [0.4, 0.5) is 0 Å². The molecule has 1 atom stereocenters. The van der Waals surface area contributed by atoms with Gasteiger partial charge in [0.05, 0.1) is 6.20 Å². The lowest BCUT2D eigenvalue weighted by Crippen LogP contribution is -2.21. The van der Waals surface area contributed by atoms with E-state index >= 15 is 0 Å². The highest BCUT2D eigenvalue weighted by Crippen LogP contribution is 2.35. The van der Waals surface area contributed by atoms with Crippen molar-refractivity contribution in [3.8, 4) is 11.5 Å². The maximum atomic E-state index is 5.75. The van der Waals surface area contributed by atoms with Gasteiger partial charge in [0.1, 0.15) is 12.4 Å². The van der Waals surface area contributed by atoms with Crippen molar-refractivity contribution in [1.82, 2.24) is 4.98 Å². The van der Waals surface area contributed by atoms with Crippen LogP contribution < -0.4 is 9.47 Å². The minimum absolute atomic E-state index is 0.261. The summed E-state index contributed by atoms with van der Waals surface area (Å²) >= 11 is 0. The fourth-order valence-electron chi connectivity index (χ4n) is 1.66. The third-order valence-electron chi connectivity index (χ3n) is 2.42. The van der Waals surface area contributed by atoms with Gasteiger partial charge in [-0.1, -0.05) is 12.1 Å². The third kappa shape index (κ3) is 1.52. The Morgan fingerprint density at radius 1 is 1.25 bits per heavy atom. The average molecular weight is 217 g/mol. The molecule has 1 aromatic carbocycles. The number of benzene rings is 1. The van der Waals surface area contributed by atoms with E-state index in [1.54, 1.807) is 6.20 Å². The number of rotatable bonds is 1. The van der Waals surface area contributed by atoms with Gasteiger partial charge in [0.2, 0.25) is 12.0 Å². The second-order valence-electron chi connectivity index (χ2n) is 3.67. The maximum absolute atomic E-state index is 5.75. The molecule has 0 spiro atoms. The zero-order chi connectivity index (χ0) is 11.0. The van der Waals surface area contributed by atoms with Crippen LogP contribution >= 0.6 is 0 Å². The van der Waals surface area contributed by atoms with Crippen LogP contribution in [0.25, 0.3) is 0 Å². The molecule has 0 radical (unpaired) electrons. The van der Waals surface area contributed by atoms with Crippen molar-refractivity contribution in [1.29, 1.82) is 0 Å². The van der Waals surface area contributed by atoms with E-state index in [-0.39, 0.29) is 6.10 Å². The summed E-state index contributed by atoms with van der Waals surface area (Å²) in [5.74, 6) is 2.83. The highest BCUT2D eigenvalue weighted by Gasteiger charge is 2.25.